The molecule has 0 aromatic carbocycles. The second-order valence-electron chi connectivity index (χ2n) is 2.50. The minimum atomic E-state index is -0.723. The first-order valence-electron chi connectivity index (χ1n) is 3.39. The van der Waals surface area contributed by atoms with Crippen molar-refractivity contribution >= 4 is 5.91 Å². The number of H-pyrrole nitrogens is 1. The molecule has 1 aromatic heterocycles. The van der Waals surface area contributed by atoms with Gasteiger partial charge in [0.2, 0.25) is 0 Å². The minimum Gasteiger partial charge on any atom is -0.365 e. The summed E-state index contributed by atoms with van der Waals surface area (Å²) in [6.07, 6.45) is 0. The van der Waals surface area contributed by atoms with Gasteiger partial charge in [-0.05, 0) is 19.4 Å². The van der Waals surface area contributed by atoms with E-state index in [1.165, 1.54) is 0 Å². The molecule has 0 radical (unpaired) electrons. The van der Waals surface area contributed by atoms with Gasteiger partial charge in [0.25, 0.3) is 11.5 Å². The molecule has 3 N–H and O–H groups in total. The Bertz CT molecular complexity index is 381. The van der Waals surface area contributed by atoms with Crippen LogP contribution in [-0.2, 0) is 0 Å². The molecule has 0 atom stereocenters. The molecule has 0 aliphatic heterocycles. The van der Waals surface area contributed by atoms with Gasteiger partial charge in [-0.1, -0.05) is 0 Å². The Morgan fingerprint density at radius 1 is 1.50 bits per heavy atom. The Hall–Kier alpha value is -1.65. The molecule has 0 saturated heterocycles. The zero-order chi connectivity index (χ0) is 9.30. The molecule has 1 amide bonds. The summed E-state index contributed by atoms with van der Waals surface area (Å²) in [7, 11) is 0. The predicted molar refractivity (Wildman–Crippen MR) is 42.8 cm³/mol. The molecule has 0 spiro atoms. The van der Waals surface area contributed by atoms with Crippen LogP contribution >= 0.6 is 0 Å². The zero-order valence-electron chi connectivity index (χ0n) is 6.84. The van der Waals surface area contributed by atoms with Gasteiger partial charge in [-0.25, -0.2) is 5.10 Å². The first-order chi connectivity index (χ1) is 5.54. The fourth-order valence-electron chi connectivity index (χ4n) is 0.922. The van der Waals surface area contributed by atoms with Gasteiger partial charge < -0.3 is 5.73 Å². The van der Waals surface area contributed by atoms with Gasteiger partial charge in [-0.15, -0.1) is 0 Å². The highest BCUT2D eigenvalue weighted by Crippen LogP contribution is 2.02. The Kier molecular flexibility index (Phi) is 1.95. The van der Waals surface area contributed by atoms with Crippen LogP contribution in [-0.4, -0.2) is 16.1 Å². The molecule has 1 aromatic rings. The Morgan fingerprint density at radius 2 is 2.08 bits per heavy atom. The number of nitrogens with two attached hydrogens (primary N) is 1. The number of amides is 1. The summed E-state index contributed by atoms with van der Waals surface area (Å²) < 4.78 is 0. The van der Waals surface area contributed by atoms with Crippen molar-refractivity contribution in [3.63, 3.8) is 0 Å². The van der Waals surface area contributed by atoms with Crippen LogP contribution in [0.25, 0.3) is 0 Å². The van der Waals surface area contributed by atoms with Crippen LogP contribution in [0.2, 0.25) is 0 Å². The predicted octanol–water partition coefficient (Wildman–Crippen LogP) is -0.514. The topological polar surface area (TPSA) is 88.8 Å². The molecule has 1 rings (SSSR count). The van der Waals surface area contributed by atoms with Crippen molar-refractivity contribution in [3.8, 4) is 0 Å². The van der Waals surface area contributed by atoms with E-state index in [2.05, 4.69) is 10.2 Å². The lowest BCUT2D eigenvalue weighted by atomic mass is 10.1. The van der Waals surface area contributed by atoms with E-state index >= 15 is 0 Å². The number of carbonyl (C=O) groups excluding carboxylic acids is 1. The summed E-state index contributed by atoms with van der Waals surface area (Å²) in [5.74, 6) is -0.723. The van der Waals surface area contributed by atoms with Crippen LogP contribution in [0, 0.1) is 13.8 Å². The number of aromatic amines is 1. The van der Waals surface area contributed by atoms with Gasteiger partial charge in [0, 0.05) is 0 Å². The first kappa shape index (κ1) is 8.45. The van der Waals surface area contributed by atoms with Gasteiger partial charge in [0.05, 0.1) is 5.69 Å². The summed E-state index contributed by atoms with van der Waals surface area (Å²) >= 11 is 0. The van der Waals surface area contributed by atoms with Crippen molar-refractivity contribution in [1.29, 1.82) is 0 Å². The maximum Gasteiger partial charge on any atom is 0.277 e. The molecular weight excluding hydrogens is 158 g/mol. The van der Waals surface area contributed by atoms with Crippen molar-refractivity contribution in [3.05, 3.63) is 27.2 Å². The average molecular weight is 167 g/mol. The van der Waals surface area contributed by atoms with Crippen LogP contribution < -0.4 is 11.3 Å². The monoisotopic (exact) mass is 167 g/mol. The Morgan fingerprint density at radius 3 is 2.50 bits per heavy atom. The molecule has 1 heterocycles. The maximum atomic E-state index is 11.0. The van der Waals surface area contributed by atoms with E-state index in [9.17, 15) is 9.59 Å². The number of carbonyl (C=O) groups is 1. The summed E-state index contributed by atoms with van der Waals surface area (Å²) in [6, 6.07) is 0. The number of aryl methyl sites for hydroxylation is 1. The molecular formula is C7H9N3O2. The number of hydrogen-bond acceptors (Lipinski definition) is 3. The third-order valence-corrected chi connectivity index (χ3v) is 1.72. The number of primary amides is 1. The molecule has 0 aliphatic rings. The van der Waals surface area contributed by atoms with E-state index in [1.807, 2.05) is 0 Å². The van der Waals surface area contributed by atoms with Crippen molar-refractivity contribution < 1.29 is 4.79 Å². The summed E-state index contributed by atoms with van der Waals surface area (Å²) in [5.41, 5.74) is 5.58. The number of nitrogens with one attached hydrogen (secondary N) is 1. The van der Waals surface area contributed by atoms with E-state index in [-0.39, 0.29) is 5.56 Å². The molecule has 12 heavy (non-hydrogen) atoms. The summed E-state index contributed by atoms with van der Waals surface area (Å²) in [5, 5.41) is 5.86. The van der Waals surface area contributed by atoms with E-state index < -0.39 is 11.5 Å². The number of rotatable bonds is 1. The lowest BCUT2D eigenvalue weighted by molar-refractivity contribution is 0.0998. The molecule has 0 bridgehead atoms. The molecule has 0 fully saturated rings. The molecule has 5 heteroatoms. The second-order valence-corrected chi connectivity index (χ2v) is 2.50. The largest absolute Gasteiger partial charge is 0.365 e. The second kappa shape index (κ2) is 2.77. The van der Waals surface area contributed by atoms with Crippen molar-refractivity contribution in [2.24, 2.45) is 5.73 Å². The number of nitrogens with zero attached hydrogens (tertiary/aromatic N) is 1. The number of hydrogen-bond donors (Lipinski definition) is 2. The van der Waals surface area contributed by atoms with Gasteiger partial charge in [0.1, 0.15) is 5.56 Å². The normalized spacial score (nSPS) is 9.83. The van der Waals surface area contributed by atoms with Crippen molar-refractivity contribution in [1.82, 2.24) is 10.2 Å². The van der Waals surface area contributed by atoms with Gasteiger partial charge in [-0.3, -0.25) is 9.59 Å². The first-order valence-corrected chi connectivity index (χ1v) is 3.39. The van der Waals surface area contributed by atoms with Crippen LogP contribution in [0.4, 0.5) is 0 Å². The molecule has 0 unspecified atom stereocenters. The van der Waals surface area contributed by atoms with E-state index in [0.717, 1.165) is 0 Å². The average Bonchev–Trinajstić information content (AvgIpc) is 1.97. The van der Waals surface area contributed by atoms with Crippen LogP contribution in [0.1, 0.15) is 21.6 Å². The maximum absolute atomic E-state index is 11.0. The zero-order valence-corrected chi connectivity index (χ0v) is 6.84. The summed E-state index contributed by atoms with van der Waals surface area (Å²) in [4.78, 5) is 21.8. The fourth-order valence-corrected chi connectivity index (χ4v) is 0.922. The van der Waals surface area contributed by atoms with Crippen molar-refractivity contribution in [2.75, 3.05) is 0 Å². The Balaban J connectivity index is 3.54. The van der Waals surface area contributed by atoms with Gasteiger partial charge >= 0.3 is 0 Å². The standard InChI is InChI=1S/C7H9N3O2/c1-3-4(2)9-10-7(12)5(3)6(8)11/h1-2H3,(H2,8,11)(H,10,12). The fraction of sp³-hybridized carbons (Fsp3) is 0.286. The third-order valence-electron chi connectivity index (χ3n) is 1.72. The quantitative estimate of drug-likeness (QED) is 0.590. The van der Waals surface area contributed by atoms with E-state index in [1.54, 1.807) is 13.8 Å². The third kappa shape index (κ3) is 1.20. The highest BCUT2D eigenvalue weighted by molar-refractivity contribution is 5.93. The molecule has 0 saturated carbocycles. The lowest BCUT2D eigenvalue weighted by Crippen LogP contribution is -2.26. The summed E-state index contributed by atoms with van der Waals surface area (Å²) in [6.45, 7) is 3.33. The molecule has 5 nitrogen and oxygen atoms in total. The Labute approximate surface area is 68.6 Å². The van der Waals surface area contributed by atoms with E-state index in [0.29, 0.717) is 11.3 Å². The minimum absolute atomic E-state index is 0.0116. The van der Waals surface area contributed by atoms with Crippen molar-refractivity contribution in [2.45, 2.75) is 13.8 Å². The van der Waals surface area contributed by atoms with Crippen LogP contribution in [0.15, 0.2) is 4.79 Å². The lowest BCUT2D eigenvalue weighted by Gasteiger charge is -2.01. The van der Waals surface area contributed by atoms with Crippen LogP contribution in [0.5, 0.6) is 0 Å². The number of aromatic nitrogens is 2. The highest BCUT2D eigenvalue weighted by Gasteiger charge is 2.11. The highest BCUT2D eigenvalue weighted by atomic mass is 16.2. The molecule has 0 aliphatic carbocycles. The SMILES string of the molecule is Cc1n[nH]c(=O)c(C(N)=O)c1C. The van der Waals surface area contributed by atoms with Gasteiger partial charge in [0.15, 0.2) is 0 Å². The smallest absolute Gasteiger partial charge is 0.277 e. The van der Waals surface area contributed by atoms with E-state index in [4.69, 9.17) is 5.73 Å². The van der Waals surface area contributed by atoms with Crippen LogP contribution in [0.3, 0.4) is 0 Å². The molecule has 64 valence electrons. The van der Waals surface area contributed by atoms with Gasteiger partial charge in [-0.2, -0.15) is 5.10 Å².